The highest BCUT2D eigenvalue weighted by molar-refractivity contribution is 4.88. The van der Waals surface area contributed by atoms with Crippen LogP contribution in [0.15, 0.2) is 12.7 Å². The molecule has 94 valence electrons. The molecule has 2 N–H and O–H groups in total. The van der Waals surface area contributed by atoms with Crippen LogP contribution in [0.3, 0.4) is 0 Å². The molecule has 1 heterocycles. The monoisotopic (exact) mass is 226 g/mol. The van der Waals surface area contributed by atoms with Crippen LogP contribution in [0.1, 0.15) is 26.7 Å². The number of nitrogens with two attached hydrogens (primary N) is 1. The van der Waals surface area contributed by atoms with Crippen molar-refractivity contribution in [3.63, 3.8) is 0 Å². The molecular weight excluding hydrogens is 200 g/mol. The van der Waals surface area contributed by atoms with Gasteiger partial charge in [0, 0.05) is 32.3 Å². The molecule has 0 aliphatic carbocycles. The molecule has 0 saturated carbocycles. The summed E-state index contributed by atoms with van der Waals surface area (Å²) >= 11 is 0. The molecule has 3 nitrogen and oxygen atoms in total. The number of hydrogen-bond donors (Lipinski definition) is 1. The Hall–Kier alpha value is -0.380. The molecular formula is C13H26N2O. The lowest BCUT2D eigenvalue weighted by Crippen LogP contribution is -2.48. The number of ether oxygens (including phenoxy) is 1. The standard InChI is InChI=1S/C13H26N2O/c1-4-7-15(12(2)3)11-13(10-14)5-8-16-9-6-13/h4,12H,1,5-11,14H2,2-3H3. The first-order valence-corrected chi connectivity index (χ1v) is 6.26. The summed E-state index contributed by atoms with van der Waals surface area (Å²) in [7, 11) is 0. The van der Waals surface area contributed by atoms with Crippen LogP contribution in [0.2, 0.25) is 0 Å². The van der Waals surface area contributed by atoms with Gasteiger partial charge in [-0.2, -0.15) is 0 Å². The SMILES string of the molecule is C=CCN(CC1(CN)CCOCC1)C(C)C. The second-order valence-corrected chi connectivity index (χ2v) is 5.13. The van der Waals surface area contributed by atoms with Crippen LogP contribution < -0.4 is 5.73 Å². The Morgan fingerprint density at radius 3 is 2.50 bits per heavy atom. The molecule has 0 spiro atoms. The fourth-order valence-corrected chi connectivity index (χ4v) is 2.29. The third-order valence-electron chi connectivity index (χ3n) is 3.62. The molecule has 1 fully saturated rings. The largest absolute Gasteiger partial charge is 0.381 e. The zero-order valence-electron chi connectivity index (χ0n) is 10.7. The van der Waals surface area contributed by atoms with Gasteiger partial charge in [0.1, 0.15) is 0 Å². The van der Waals surface area contributed by atoms with Gasteiger partial charge in [-0.15, -0.1) is 6.58 Å². The molecule has 0 radical (unpaired) electrons. The summed E-state index contributed by atoms with van der Waals surface area (Å²) in [6, 6.07) is 0.546. The third kappa shape index (κ3) is 3.58. The van der Waals surface area contributed by atoms with E-state index in [1.54, 1.807) is 0 Å². The van der Waals surface area contributed by atoms with Gasteiger partial charge in [-0.25, -0.2) is 0 Å². The Balaban J connectivity index is 2.61. The van der Waals surface area contributed by atoms with Crippen LogP contribution in [-0.4, -0.2) is 43.8 Å². The second kappa shape index (κ2) is 6.38. The molecule has 0 unspecified atom stereocenters. The van der Waals surface area contributed by atoms with E-state index in [1.165, 1.54) is 0 Å². The van der Waals surface area contributed by atoms with Gasteiger partial charge in [0.25, 0.3) is 0 Å². The van der Waals surface area contributed by atoms with E-state index < -0.39 is 0 Å². The minimum absolute atomic E-state index is 0.255. The van der Waals surface area contributed by atoms with Crippen molar-refractivity contribution >= 4 is 0 Å². The van der Waals surface area contributed by atoms with Gasteiger partial charge >= 0.3 is 0 Å². The number of nitrogens with zero attached hydrogens (tertiary/aromatic N) is 1. The van der Waals surface area contributed by atoms with Crippen molar-refractivity contribution < 1.29 is 4.74 Å². The molecule has 16 heavy (non-hydrogen) atoms. The molecule has 0 aromatic rings. The van der Waals surface area contributed by atoms with Gasteiger partial charge in [0.2, 0.25) is 0 Å². The van der Waals surface area contributed by atoms with Crippen LogP contribution in [-0.2, 0) is 4.74 Å². The van der Waals surface area contributed by atoms with Crippen molar-refractivity contribution in [3.8, 4) is 0 Å². The van der Waals surface area contributed by atoms with Crippen molar-refractivity contribution in [2.45, 2.75) is 32.7 Å². The summed E-state index contributed by atoms with van der Waals surface area (Å²) < 4.78 is 5.43. The zero-order valence-corrected chi connectivity index (χ0v) is 10.7. The zero-order chi connectivity index (χ0) is 12.0. The van der Waals surface area contributed by atoms with Crippen molar-refractivity contribution in [2.24, 2.45) is 11.1 Å². The van der Waals surface area contributed by atoms with Crippen molar-refractivity contribution in [3.05, 3.63) is 12.7 Å². The maximum Gasteiger partial charge on any atom is 0.0472 e. The van der Waals surface area contributed by atoms with Crippen molar-refractivity contribution in [2.75, 3.05) is 32.8 Å². The van der Waals surface area contributed by atoms with E-state index in [1.807, 2.05) is 6.08 Å². The number of rotatable bonds is 6. The van der Waals surface area contributed by atoms with Gasteiger partial charge < -0.3 is 10.5 Å². The normalized spacial score (nSPS) is 20.3. The molecule has 0 atom stereocenters. The summed E-state index contributed by atoms with van der Waals surface area (Å²) in [6.45, 7) is 12.8. The Morgan fingerprint density at radius 2 is 2.06 bits per heavy atom. The first-order chi connectivity index (χ1) is 7.63. The predicted octanol–water partition coefficient (Wildman–Crippen LogP) is 1.64. The van der Waals surface area contributed by atoms with Crippen LogP contribution >= 0.6 is 0 Å². The molecule has 0 amide bonds. The third-order valence-corrected chi connectivity index (χ3v) is 3.62. The lowest BCUT2D eigenvalue weighted by atomic mass is 9.79. The van der Waals surface area contributed by atoms with Crippen molar-refractivity contribution in [1.29, 1.82) is 0 Å². The number of hydrogen-bond acceptors (Lipinski definition) is 3. The molecule has 0 bridgehead atoms. The summed E-state index contributed by atoms with van der Waals surface area (Å²) in [4.78, 5) is 2.45. The lowest BCUT2D eigenvalue weighted by Gasteiger charge is -2.41. The quantitative estimate of drug-likeness (QED) is 0.700. The molecule has 0 aromatic carbocycles. The highest BCUT2D eigenvalue weighted by Crippen LogP contribution is 2.30. The molecule has 3 heteroatoms. The van der Waals surface area contributed by atoms with E-state index >= 15 is 0 Å². The predicted molar refractivity (Wildman–Crippen MR) is 68.4 cm³/mol. The first kappa shape index (κ1) is 13.7. The van der Waals surface area contributed by atoms with Crippen LogP contribution in [0.5, 0.6) is 0 Å². The van der Waals surface area contributed by atoms with E-state index in [2.05, 4.69) is 25.3 Å². The fourth-order valence-electron chi connectivity index (χ4n) is 2.29. The Labute approximate surface area is 99.6 Å². The Kier molecular flexibility index (Phi) is 5.46. The lowest BCUT2D eigenvalue weighted by molar-refractivity contribution is -0.00304. The molecule has 1 aliphatic rings. The summed E-state index contributed by atoms with van der Waals surface area (Å²) in [5, 5.41) is 0. The Morgan fingerprint density at radius 1 is 1.44 bits per heavy atom. The second-order valence-electron chi connectivity index (χ2n) is 5.13. The van der Waals surface area contributed by atoms with Crippen LogP contribution in [0.25, 0.3) is 0 Å². The minimum Gasteiger partial charge on any atom is -0.381 e. The van der Waals surface area contributed by atoms with E-state index in [9.17, 15) is 0 Å². The average Bonchev–Trinajstić information content (AvgIpc) is 2.29. The summed E-state index contributed by atoms with van der Waals surface area (Å²) in [6.07, 6.45) is 4.15. The van der Waals surface area contributed by atoms with Gasteiger partial charge in [-0.3, -0.25) is 4.90 Å². The molecule has 1 saturated heterocycles. The maximum absolute atomic E-state index is 5.97. The highest BCUT2D eigenvalue weighted by atomic mass is 16.5. The van der Waals surface area contributed by atoms with Gasteiger partial charge in [-0.1, -0.05) is 6.08 Å². The topological polar surface area (TPSA) is 38.5 Å². The highest BCUT2D eigenvalue weighted by Gasteiger charge is 2.33. The summed E-state index contributed by atoms with van der Waals surface area (Å²) in [5.74, 6) is 0. The molecule has 1 aliphatic heterocycles. The minimum atomic E-state index is 0.255. The van der Waals surface area contributed by atoms with E-state index in [4.69, 9.17) is 10.5 Å². The molecule has 1 rings (SSSR count). The van der Waals surface area contributed by atoms with Crippen LogP contribution in [0, 0.1) is 5.41 Å². The fraction of sp³-hybridized carbons (Fsp3) is 0.846. The van der Waals surface area contributed by atoms with E-state index in [0.717, 1.165) is 45.7 Å². The van der Waals surface area contributed by atoms with Gasteiger partial charge in [-0.05, 0) is 38.6 Å². The van der Waals surface area contributed by atoms with Crippen LogP contribution in [0.4, 0.5) is 0 Å². The van der Waals surface area contributed by atoms with E-state index in [0.29, 0.717) is 6.04 Å². The maximum atomic E-state index is 5.97. The Bertz CT molecular complexity index is 210. The molecule has 0 aromatic heterocycles. The first-order valence-electron chi connectivity index (χ1n) is 6.26. The van der Waals surface area contributed by atoms with Gasteiger partial charge in [0.05, 0.1) is 0 Å². The summed E-state index contributed by atoms with van der Waals surface area (Å²) in [5.41, 5.74) is 6.23. The average molecular weight is 226 g/mol. The van der Waals surface area contributed by atoms with Gasteiger partial charge in [0.15, 0.2) is 0 Å². The smallest absolute Gasteiger partial charge is 0.0472 e. The van der Waals surface area contributed by atoms with E-state index in [-0.39, 0.29) is 5.41 Å². The van der Waals surface area contributed by atoms with Crippen molar-refractivity contribution in [1.82, 2.24) is 4.90 Å².